The van der Waals surface area contributed by atoms with E-state index in [1.165, 1.54) is 24.1 Å². The monoisotopic (exact) mass is 326 g/mol. The van der Waals surface area contributed by atoms with E-state index in [1.54, 1.807) is 0 Å². The fourth-order valence-corrected chi connectivity index (χ4v) is 3.99. The van der Waals surface area contributed by atoms with Gasteiger partial charge in [0.1, 0.15) is 17.0 Å². The number of hydrogen-bond acceptors (Lipinski definition) is 6. The molecule has 0 saturated heterocycles. The lowest BCUT2D eigenvalue weighted by molar-refractivity contribution is 0.316. The third-order valence-corrected chi connectivity index (χ3v) is 5.91. The fourth-order valence-electron chi connectivity index (χ4n) is 2.25. The van der Waals surface area contributed by atoms with Crippen LogP contribution in [0.25, 0.3) is 10.2 Å². The Hall–Kier alpha value is -1.25. The summed E-state index contributed by atoms with van der Waals surface area (Å²) >= 11 is 1.54. The summed E-state index contributed by atoms with van der Waals surface area (Å²) in [5, 5.41) is 5.96. The Kier molecular flexibility index (Phi) is 4.37. The van der Waals surface area contributed by atoms with Crippen LogP contribution in [0.2, 0.25) is 0 Å². The molecule has 0 aliphatic heterocycles. The molecule has 0 amide bonds. The van der Waals surface area contributed by atoms with E-state index in [9.17, 15) is 8.42 Å². The van der Waals surface area contributed by atoms with Crippen LogP contribution in [0.15, 0.2) is 17.8 Å². The van der Waals surface area contributed by atoms with Gasteiger partial charge in [0.05, 0.1) is 11.1 Å². The molecule has 0 aromatic carbocycles. The van der Waals surface area contributed by atoms with Crippen molar-refractivity contribution >= 4 is 37.4 Å². The number of sulfonamides is 1. The summed E-state index contributed by atoms with van der Waals surface area (Å²) in [5.41, 5.74) is 0. The van der Waals surface area contributed by atoms with Gasteiger partial charge in [0, 0.05) is 13.1 Å². The van der Waals surface area contributed by atoms with Crippen molar-refractivity contribution in [2.45, 2.75) is 19.3 Å². The number of nitrogens with one attached hydrogen (secondary N) is 2. The first-order chi connectivity index (χ1) is 10.1. The molecule has 1 aliphatic rings. The first-order valence-corrected chi connectivity index (χ1v) is 9.57. The van der Waals surface area contributed by atoms with Gasteiger partial charge in [-0.1, -0.05) is 6.42 Å². The average Bonchev–Trinajstić information content (AvgIpc) is 2.85. The lowest BCUT2D eigenvalue weighted by Crippen LogP contribution is -2.35. The van der Waals surface area contributed by atoms with Gasteiger partial charge in [-0.2, -0.15) is 0 Å². The number of nitrogens with zero attached hydrogens (tertiary/aromatic N) is 2. The fraction of sp³-hybridized carbons (Fsp3) is 0.538. The quantitative estimate of drug-likeness (QED) is 0.811. The SMILES string of the molecule is O=S(=O)(CCNc1ncnc2sccc12)NCC1CCC1. The smallest absolute Gasteiger partial charge is 0.213 e. The molecule has 6 nitrogen and oxygen atoms in total. The highest BCUT2D eigenvalue weighted by Crippen LogP contribution is 2.25. The Bertz CT molecular complexity index is 710. The van der Waals surface area contributed by atoms with Gasteiger partial charge in [-0.05, 0) is 30.2 Å². The molecular formula is C13H18N4O2S2. The van der Waals surface area contributed by atoms with Gasteiger partial charge in [0.25, 0.3) is 0 Å². The molecular weight excluding hydrogens is 308 g/mol. The van der Waals surface area contributed by atoms with E-state index < -0.39 is 10.0 Å². The van der Waals surface area contributed by atoms with Crippen molar-refractivity contribution in [2.75, 3.05) is 24.2 Å². The van der Waals surface area contributed by atoms with Crippen LogP contribution < -0.4 is 10.0 Å². The maximum absolute atomic E-state index is 11.9. The zero-order chi connectivity index (χ0) is 14.7. The molecule has 2 aromatic rings. The molecule has 21 heavy (non-hydrogen) atoms. The summed E-state index contributed by atoms with van der Waals surface area (Å²) in [4.78, 5) is 9.23. The molecule has 0 unspecified atom stereocenters. The summed E-state index contributed by atoms with van der Waals surface area (Å²) in [6.07, 6.45) is 4.98. The van der Waals surface area contributed by atoms with Crippen molar-refractivity contribution in [2.24, 2.45) is 5.92 Å². The number of anilines is 1. The van der Waals surface area contributed by atoms with Crippen molar-refractivity contribution in [3.8, 4) is 0 Å². The van der Waals surface area contributed by atoms with Crippen LogP contribution >= 0.6 is 11.3 Å². The molecule has 2 aromatic heterocycles. The molecule has 3 rings (SSSR count). The van der Waals surface area contributed by atoms with E-state index in [0.29, 0.717) is 24.8 Å². The average molecular weight is 326 g/mol. The highest BCUT2D eigenvalue weighted by molar-refractivity contribution is 7.89. The third kappa shape index (κ3) is 3.69. The van der Waals surface area contributed by atoms with E-state index in [4.69, 9.17) is 0 Å². The first kappa shape index (κ1) is 14.7. The molecule has 8 heteroatoms. The van der Waals surface area contributed by atoms with Crippen LogP contribution in [0, 0.1) is 5.92 Å². The van der Waals surface area contributed by atoms with Gasteiger partial charge in [-0.25, -0.2) is 23.1 Å². The largest absolute Gasteiger partial charge is 0.368 e. The van der Waals surface area contributed by atoms with Crippen LogP contribution in [0.5, 0.6) is 0 Å². The van der Waals surface area contributed by atoms with Gasteiger partial charge in [-0.3, -0.25) is 0 Å². The Morgan fingerprint density at radius 1 is 1.33 bits per heavy atom. The molecule has 1 saturated carbocycles. The number of aromatic nitrogens is 2. The summed E-state index contributed by atoms with van der Waals surface area (Å²) < 4.78 is 26.5. The van der Waals surface area contributed by atoms with Crippen LogP contribution in [0.3, 0.4) is 0 Å². The topological polar surface area (TPSA) is 84.0 Å². The second kappa shape index (κ2) is 6.25. The summed E-state index contributed by atoms with van der Waals surface area (Å²) in [6, 6.07) is 1.94. The van der Waals surface area contributed by atoms with E-state index in [-0.39, 0.29) is 5.75 Å². The number of rotatable bonds is 7. The molecule has 1 aliphatic carbocycles. The van der Waals surface area contributed by atoms with Gasteiger partial charge in [0.2, 0.25) is 10.0 Å². The van der Waals surface area contributed by atoms with Crippen LogP contribution in [0.1, 0.15) is 19.3 Å². The van der Waals surface area contributed by atoms with Gasteiger partial charge >= 0.3 is 0 Å². The highest BCUT2D eigenvalue weighted by atomic mass is 32.2. The zero-order valence-corrected chi connectivity index (χ0v) is 13.2. The highest BCUT2D eigenvalue weighted by Gasteiger charge is 2.20. The lowest BCUT2D eigenvalue weighted by Gasteiger charge is -2.25. The Labute approximate surface area is 128 Å². The van der Waals surface area contributed by atoms with Crippen LogP contribution in [-0.2, 0) is 10.0 Å². The first-order valence-electron chi connectivity index (χ1n) is 7.03. The zero-order valence-electron chi connectivity index (χ0n) is 11.6. The molecule has 2 N–H and O–H groups in total. The molecule has 0 radical (unpaired) electrons. The maximum atomic E-state index is 11.9. The second-order valence-electron chi connectivity index (χ2n) is 5.25. The normalized spacial score (nSPS) is 16.0. The maximum Gasteiger partial charge on any atom is 0.213 e. The number of hydrogen-bond donors (Lipinski definition) is 2. The summed E-state index contributed by atoms with van der Waals surface area (Å²) in [5.74, 6) is 1.27. The van der Waals surface area contributed by atoms with Crippen molar-refractivity contribution in [3.63, 3.8) is 0 Å². The molecule has 2 heterocycles. The Morgan fingerprint density at radius 3 is 2.95 bits per heavy atom. The second-order valence-corrected chi connectivity index (χ2v) is 8.07. The minimum absolute atomic E-state index is 0.0509. The standard InChI is InChI=1S/C13H18N4O2S2/c18-21(19,17-8-10-2-1-3-10)7-5-14-12-11-4-6-20-13(11)16-9-15-12/h4,6,9-10,17H,1-3,5,7-8H2,(H,14,15,16). The number of fused-ring (bicyclic) bond motifs is 1. The predicted molar refractivity (Wildman–Crippen MR) is 85.0 cm³/mol. The van der Waals surface area contributed by atoms with E-state index >= 15 is 0 Å². The number of thiophene rings is 1. The van der Waals surface area contributed by atoms with Crippen molar-refractivity contribution < 1.29 is 8.42 Å². The van der Waals surface area contributed by atoms with Crippen LogP contribution in [0.4, 0.5) is 5.82 Å². The van der Waals surface area contributed by atoms with E-state index in [0.717, 1.165) is 23.1 Å². The molecule has 0 atom stereocenters. The van der Waals surface area contributed by atoms with Crippen molar-refractivity contribution in [3.05, 3.63) is 17.8 Å². The summed E-state index contributed by atoms with van der Waals surface area (Å²) in [7, 11) is -3.22. The van der Waals surface area contributed by atoms with Gasteiger partial charge in [0.15, 0.2) is 0 Å². The molecule has 1 fully saturated rings. The third-order valence-electron chi connectivity index (χ3n) is 3.74. The minimum atomic E-state index is -3.22. The predicted octanol–water partition coefficient (Wildman–Crippen LogP) is 1.82. The molecule has 114 valence electrons. The molecule has 0 bridgehead atoms. The van der Waals surface area contributed by atoms with E-state index in [1.807, 2.05) is 11.4 Å². The van der Waals surface area contributed by atoms with Gasteiger partial charge in [-0.15, -0.1) is 11.3 Å². The minimum Gasteiger partial charge on any atom is -0.368 e. The van der Waals surface area contributed by atoms with E-state index in [2.05, 4.69) is 20.0 Å². The lowest BCUT2D eigenvalue weighted by atomic mass is 9.86. The van der Waals surface area contributed by atoms with Crippen LogP contribution in [-0.4, -0.2) is 37.2 Å². The van der Waals surface area contributed by atoms with Gasteiger partial charge < -0.3 is 5.32 Å². The molecule has 0 spiro atoms. The Balaban J connectivity index is 1.51. The summed E-state index contributed by atoms with van der Waals surface area (Å²) in [6.45, 7) is 0.909. The Morgan fingerprint density at radius 2 is 2.19 bits per heavy atom. The van der Waals surface area contributed by atoms with Crippen molar-refractivity contribution in [1.29, 1.82) is 0 Å². The van der Waals surface area contributed by atoms with Crippen molar-refractivity contribution in [1.82, 2.24) is 14.7 Å².